The van der Waals surface area contributed by atoms with E-state index in [1.807, 2.05) is 6.92 Å². The molecule has 0 aliphatic rings. The molecule has 3 aromatic rings. The van der Waals surface area contributed by atoms with Crippen LogP contribution < -0.4 is 0 Å². The van der Waals surface area contributed by atoms with Crippen LogP contribution >= 0.6 is 11.3 Å². The van der Waals surface area contributed by atoms with Crippen LogP contribution in [0.15, 0.2) is 24.3 Å². The first-order chi connectivity index (χ1) is 9.19. The lowest BCUT2D eigenvalue weighted by atomic mass is 10.2. The maximum absolute atomic E-state index is 10.6. The van der Waals surface area contributed by atoms with Crippen molar-refractivity contribution in [3.63, 3.8) is 0 Å². The third-order valence-corrected chi connectivity index (χ3v) is 3.64. The Morgan fingerprint density at radius 3 is 2.68 bits per heavy atom. The van der Waals surface area contributed by atoms with Gasteiger partial charge in [-0.1, -0.05) is 18.3 Å². The zero-order chi connectivity index (χ0) is 13.4. The summed E-state index contributed by atoms with van der Waals surface area (Å²) < 4.78 is 1.71. The summed E-state index contributed by atoms with van der Waals surface area (Å²) in [5, 5.41) is 23.9. The van der Waals surface area contributed by atoms with E-state index in [2.05, 4.69) is 15.3 Å². The van der Waals surface area contributed by atoms with Crippen molar-refractivity contribution in [3.8, 4) is 10.6 Å². The van der Waals surface area contributed by atoms with E-state index in [9.17, 15) is 10.1 Å². The van der Waals surface area contributed by atoms with Crippen molar-refractivity contribution in [2.45, 2.75) is 13.3 Å². The molecule has 0 saturated carbocycles. The van der Waals surface area contributed by atoms with Crippen molar-refractivity contribution in [3.05, 3.63) is 40.2 Å². The SMILES string of the molecule is CCc1nnc2sc(-c3ccc([N+](=O)[O-])cc3)nn12. The van der Waals surface area contributed by atoms with Gasteiger partial charge >= 0.3 is 0 Å². The van der Waals surface area contributed by atoms with Crippen LogP contribution in [0.2, 0.25) is 0 Å². The molecule has 0 fully saturated rings. The maximum atomic E-state index is 10.6. The van der Waals surface area contributed by atoms with Gasteiger partial charge in [-0.25, -0.2) is 0 Å². The number of hydrogen-bond acceptors (Lipinski definition) is 6. The Labute approximate surface area is 111 Å². The standard InChI is InChI=1S/C11H9N5O2S/c1-2-9-12-13-11-15(9)14-10(19-11)7-3-5-8(6-4-7)16(17)18/h3-6H,2H2,1H3. The van der Waals surface area contributed by atoms with E-state index in [1.54, 1.807) is 16.6 Å². The van der Waals surface area contributed by atoms with Crippen LogP contribution in [0.1, 0.15) is 12.7 Å². The maximum Gasteiger partial charge on any atom is 0.269 e. The van der Waals surface area contributed by atoms with Gasteiger partial charge in [-0.2, -0.15) is 9.61 Å². The lowest BCUT2D eigenvalue weighted by Gasteiger charge is -1.95. The monoisotopic (exact) mass is 275 g/mol. The second kappa shape index (κ2) is 4.39. The fourth-order valence-corrected chi connectivity index (χ4v) is 2.58. The van der Waals surface area contributed by atoms with E-state index in [-0.39, 0.29) is 5.69 Å². The Hall–Kier alpha value is -2.35. The lowest BCUT2D eigenvalue weighted by molar-refractivity contribution is -0.384. The number of nitro groups is 1. The summed E-state index contributed by atoms with van der Waals surface area (Å²) in [6.45, 7) is 1.99. The molecular weight excluding hydrogens is 266 g/mol. The van der Waals surface area contributed by atoms with Gasteiger partial charge < -0.3 is 0 Å². The molecule has 8 heteroatoms. The summed E-state index contributed by atoms with van der Waals surface area (Å²) in [6, 6.07) is 6.32. The predicted octanol–water partition coefficient (Wildman–Crippen LogP) is 2.32. The molecule has 0 unspecified atom stereocenters. The van der Waals surface area contributed by atoms with E-state index in [1.165, 1.54) is 23.5 Å². The molecule has 0 aliphatic heterocycles. The first-order valence-corrected chi connectivity index (χ1v) is 6.46. The molecule has 0 aliphatic carbocycles. The fourth-order valence-electron chi connectivity index (χ4n) is 1.72. The molecule has 2 aromatic heterocycles. The second-order valence-electron chi connectivity index (χ2n) is 3.88. The Morgan fingerprint density at radius 1 is 1.32 bits per heavy atom. The van der Waals surface area contributed by atoms with E-state index >= 15 is 0 Å². The van der Waals surface area contributed by atoms with E-state index in [0.717, 1.165) is 27.8 Å². The van der Waals surface area contributed by atoms with Crippen LogP contribution in [0, 0.1) is 10.1 Å². The normalized spacial score (nSPS) is 11.0. The molecule has 0 amide bonds. The summed E-state index contributed by atoms with van der Waals surface area (Å²) in [6.07, 6.45) is 0.755. The van der Waals surface area contributed by atoms with Crippen LogP contribution in [0.25, 0.3) is 15.5 Å². The number of non-ortho nitro benzene ring substituents is 1. The van der Waals surface area contributed by atoms with Crippen molar-refractivity contribution in [2.24, 2.45) is 0 Å². The summed E-state index contributed by atoms with van der Waals surface area (Å²) >= 11 is 1.41. The van der Waals surface area contributed by atoms with E-state index < -0.39 is 4.92 Å². The summed E-state index contributed by atoms with van der Waals surface area (Å²) in [5.41, 5.74) is 0.907. The van der Waals surface area contributed by atoms with Crippen molar-refractivity contribution in [1.82, 2.24) is 19.8 Å². The number of hydrogen-bond donors (Lipinski definition) is 0. The number of nitrogens with zero attached hydrogens (tertiary/aromatic N) is 5. The van der Waals surface area contributed by atoms with Crippen LogP contribution in [0.4, 0.5) is 5.69 Å². The Bertz CT molecular complexity index is 746. The highest BCUT2D eigenvalue weighted by molar-refractivity contribution is 7.19. The van der Waals surface area contributed by atoms with Crippen LogP contribution in [-0.4, -0.2) is 24.7 Å². The number of aryl methyl sites for hydroxylation is 1. The van der Waals surface area contributed by atoms with Crippen molar-refractivity contribution in [1.29, 1.82) is 0 Å². The third kappa shape index (κ3) is 1.95. The van der Waals surface area contributed by atoms with Gasteiger partial charge in [-0.05, 0) is 12.1 Å². The smallest absolute Gasteiger partial charge is 0.258 e. The van der Waals surface area contributed by atoms with Gasteiger partial charge in [0.2, 0.25) is 4.96 Å². The quantitative estimate of drug-likeness (QED) is 0.541. The van der Waals surface area contributed by atoms with Gasteiger partial charge in [0.1, 0.15) is 5.01 Å². The fraction of sp³-hybridized carbons (Fsp3) is 0.182. The van der Waals surface area contributed by atoms with Crippen molar-refractivity contribution >= 4 is 22.0 Å². The summed E-state index contributed by atoms with van der Waals surface area (Å²) in [7, 11) is 0. The van der Waals surface area contributed by atoms with Crippen LogP contribution in [0.5, 0.6) is 0 Å². The van der Waals surface area contributed by atoms with Gasteiger partial charge in [0.15, 0.2) is 5.82 Å². The van der Waals surface area contributed by atoms with Gasteiger partial charge in [0.05, 0.1) is 4.92 Å². The molecule has 0 radical (unpaired) electrons. The minimum absolute atomic E-state index is 0.0704. The van der Waals surface area contributed by atoms with Crippen molar-refractivity contribution < 1.29 is 4.92 Å². The first-order valence-electron chi connectivity index (χ1n) is 5.65. The molecule has 96 valence electrons. The van der Waals surface area contributed by atoms with Crippen LogP contribution in [-0.2, 0) is 6.42 Å². The highest BCUT2D eigenvalue weighted by Crippen LogP contribution is 2.26. The number of fused-ring (bicyclic) bond motifs is 1. The van der Waals surface area contributed by atoms with Crippen LogP contribution in [0.3, 0.4) is 0 Å². The number of nitro benzene ring substituents is 1. The largest absolute Gasteiger partial charge is 0.269 e. The Balaban J connectivity index is 2.03. The van der Waals surface area contributed by atoms with Gasteiger partial charge in [0, 0.05) is 24.1 Å². The second-order valence-corrected chi connectivity index (χ2v) is 4.83. The molecule has 0 atom stereocenters. The highest BCUT2D eigenvalue weighted by atomic mass is 32.1. The molecule has 0 bridgehead atoms. The summed E-state index contributed by atoms with van der Waals surface area (Å²) in [4.78, 5) is 10.9. The average Bonchev–Trinajstić information content (AvgIpc) is 2.98. The number of aromatic nitrogens is 4. The minimum atomic E-state index is -0.419. The zero-order valence-corrected chi connectivity index (χ0v) is 10.8. The molecule has 2 heterocycles. The van der Waals surface area contributed by atoms with E-state index in [4.69, 9.17) is 0 Å². The number of benzene rings is 1. The highest BCUT2D eigenvalue weighted by Gasteiger charge is 2.12. The molecular formula is C11H9N5O2S. The molecule has 0 saturated heterocycles. The van der Waals surface area contributed by atoms with Gasteiger partial charge in [-0.3, -0.25) is 10.1 Å². The minimum Gasteiger partial charge on any atom is -0.258 e. The van der Waals surface area contributed by atoms with Gasteiger partial charge in [-0.15, -0.1) is 10.2 Å². The molecule has 7 nitrogen and oxygen atoms in total. The third-order valence-electron chi connectivity index (χ3n) is 2.70. The van der Waals surface area contributed by atoms with E-state index in [0.29, 0.717) is 0 Å². The molecule has 0 N–H and O–H groups in total. The molecule has 19 heavy (non-hydrogen) atoms. The summed E-state index contributed by atoms with van der Waals surface area (Å²) in [5.74, 6) is 0.805. The average molecular weight is 275 g/mol. The predicted molar refractivity (Wildman–Crippen MR) is 70.1 cm³/mol. The Morgan fingerprint density at radius 2 is 2.05 bits per heavy atom. The lowest BCUT2D eigenvalue weighted by Crippen LogP contribution is -1.93. The topological polar surface area (TPSA) is 86.2 Å². The molecule has 3 rings (SSSR count). The number of rotatable bonds is 3. The first kappa shape index (κ1) is 11.7. The molecule has 1 aromatic carbocycles. The zero-order valence-electron chi connectivity index (χ0n) is 9.98. The Kier molecular flexibility index (Phi) is 2.71. The molecule has 0 spiro atoms. The van der Waals surface area contributed by atoms with Gasteiger partial charge in [0.25, 0.3) is 5.69 Å². The van der Waals surface area contributed by atoms with Crippen molar-refractivity contribution in [2.75, 3.05) is 0 Å².